The van der Waals surface area contributed by atoms with Crippen LogP contribution in [0.3, 0.4) is 0 Å². The SMILES string of the molecule is CC1CCCCC2=C1C(=O)CC2. The van der Waals surface area contributed by atoms with Gasteiger partial charge < -0.3 is 0 Å². The lowest BCUT2D eigenvalue weighted by atomic mass is 9.95. The summed E-state index contributed by atoms with van der Waals surface area (Å²) in [6.45, 7) is 2.21. The largest absolute Gasteiger partial charge is 0.295 e. The molecule has 1 unspecified atom stereocenters. The van der Waals surface area contributed by atoms with Crippen LogP contribution in [0.25, 0.3) is 0 Å². The molecular weight excluding hydrogens is 148 g/mol. The van der Waals surface area contributed by atoms with E-state index in [2.05, 4.69) is 6.92 Å². The fourth-order valence-electron chi connectivity index (χ4n) is 2.55. The standard InChI is InChI=1S/C11H16O/c1-8-4-2-3-5-9-6-7-10(12)11(8)9/h8H,2-7H2,1H3. The first-order chi connectivity index (χ1) is 5.79. The molecule has 1 heteroatoms. The Morgan fingerprint density at radius 3 is 2.83 bits per heavy atom. The average Bonchev–Trinajstić information content (AvgIpc) is 2.29. The Labute approximate surface area is 73.8 Å². The van der Waals surface area contributed by atoms with E-state index in [4.69, 9.17) is 0 Å². The van der Waals surface area contributed by atoms with Crippen molar-refractivity contribution < 1.29 is 4.79 Å². The van der Waals surface area contributed by atoms with Gasteiger partial charge in [-0.25, -0.2) is 0 Å². The lowest BCUT2D eigenvalue weighted by molar-refractivity contribution is -0.115. The highest BCUT2D eigenvalue weighted by molar-refractivity contribution is 5.99. The summed E-state index contributed by atoms with van der Waals surface area (Å²) < 4.78 is 0. The van der Waals surface area contributed by atoms with Gasteiger partial charge in [-0.15, -0.1) is 0 Å². The van der Waals surface area contributed by atoms with Crippen molar-refractivity contribution in [3.8, 4) is 0 Å². The van der Waals surface area contributed by atoms with Crippen molar-refractivity contribution >= 4 is 5.78 Å². The van der Waals surface area contributed by atoms with Gasteiger partial charge in [0, 0.05) is 6.42 Å². The average molecular weight is 164 g/mol. The van der Waals surface area contributed by atoms with Gasteiger partial charge in [0.25, 0.3) is 0 Å². The zero-order valence-electron chi connectivity index (χ0n) is 7.73. The van der Waals surface area contributed by atoms with Gasteiger partial charge in [0.15, 0.2) is 5.78 Å². The first-order valence-electron chi connectivity index (χ1n) is 5.04. The zero-order chi connectivity index (χ0) is 8.55. The Morgan fingerprint density at radius 2 is 2.00 bits per heavy atom. The Bertz CT molecular complexity index is 237. The van der Waals surface area contributed by atoms with Gasteiger partial charge in [-0.1, -0.05) is 18.9 Å². The lowest BCUT2D eigenvalue weighted by Gasteiger charge is -2.09. The molecule has 2 aliphatic carbocycles. The molecule has 0 saturated carbocycles. The van der Waals surface area contributed by atoms with E-state index in [1.54, 1.807) is 0 Å². The third kappa shape index (κ3) is 1.21. The lowest BCUT2D eigenvalue weighted by Crippen LogP contribution is -2.05. The molecule has 0 aromatic carbocycles. The fourth-order valence-corrected chi connectivity index (χ4v) is 2.55. The number of carbonyl (C=O) groups excluding carboxylic acids is 1. The van der Waals surface area contributed by atoms with Crippen molar-refractivity contribution in [1.82, 2.24) is 0 Å². The minimum atomic E-state index is 0.444. The first kappa shape index (κ1) is 8.03. The molecule has 0 radical (unpaired) electrons. The summed E-state index contributed by atoms with van der Waals surface area (Å²) in [5, 5.41) is 0. The van der Waals surface area contributed by atoms with Gasteiger partial charge in [-0.05, 0) is 37.2 Å². The second kappa shape index (κ2) is 3.04. The van der Waals surface area contributed by atoms with Crippen molar-refractivity contribution in [2.45, 2.75) is 45.4 Å². The molecule has 0 aliphatic heterocycles. The highest BCUT2D eigenvalue weighted by Gasteiger charge is 2.27. The van der Waals surface area contributed by atoms with E-state index < -0.39 is 0 Å². The van der Waals surface area contributed by atoms with Gasteiger partial charge >= 0.3 is 0 Å². The Hall–Kier alpha value is -0.590. The maximum absolute atomic E-state index is 11.5. The van der Waals surface area contributed by atoms with Crippen LogP contribution >= 0.6 is 0 Å². The van der Waals surface area contributed by atoms with Crippen molar-refractivity contribution in [3.63, 3.8) is 0 Å². The summed E-state index contributed by atoms with van der Waals surface area (Å²) in [7, 11) is 0. The number of allylic oxidation sites excluding steroid dienone is 2. The monoisotopic (exact) mass is 164 g/mol. The van der Waals surface area contributed by atoms with Crippen LogP contribution in [-0.4, -0.2) is 5.78 Å². The Morgan fingerprint density at radius 1 is 1.17 bits per heavy atom. The van der Waals surface area contributed by atoms with Crippen LogP contribution in [0.1, 0.15) is 45.4 Å². The van der Waals surface area contributed by atoms with Crippen molar-refractivity contribution in [2.24, 2.45) is 5.92 Å². The third-order valence-electron chi connectivity index (χ3n) is 3.19. The molecule has 12 heavy (non-hydrogen) atoms. The number of rotatable bonds is 0. The second-order valence-corrected chi connectivity index (χ2v) is 4.09. The molecule has 0 saturated heterocycles. The first-order valence-corrected chi connectivity index (χ1v) is 5.04. The van der Waals surface area contributed by atoms with Crippen LogP contribution in [0.5, 0.6) is 0 Å². The minimum absolute atomic E-state index is 0.444. The van der Waals surface area contributed by atoms with Crippen molar-refractivity contribution in [1.29, 1.82) is 0 Å². The normalized spacial score (nSPS) is 30.4. The summed E-state index contributed by atoms with van der Waals surface area (Å²) >= 11 is 0. The molecule has 0 heterocycles. The summed E-state index contributed by atoms with van der Waals surface area (Å²) in [4.78, 5) is 11.5. The summed E-state index contributed by atoms with van der Waals surface area (Å²) in [5.41, 5.74) is 2.71. The van der Waals surface area contributed by atoms with E-state index in [0.29, 0.717) is 11.7 Å². The van der Waals surface area contributed by atoms with Gasteiger partial charge in [-0.3, -0.25) is 4.79 Å². The smallest absolute Gasteiger partial charge is 0.159 e. The molecule has 1 nitrogen and oxygen atoms in total. The molecule has 0 aromatic heterocycles. The third-order valence-corrected chi connectivity index (χ3v) is 3.19. The predicted molar refractivity (Wildman–Crippen MR) is 48.9 cm³/mol. The van der Waals surface area contributed by atoms with Crippen molar-refractivity contribution in [2.75, 3.05) is 0 Å². The van der Waals surface area contributed by atoms with E-state index in [-0.39, 0.29) is 0 Å². The predicted octanol–water partition coefficient (Wildman–Crippen LogP) is 2.86. The Kier molecular flexibility index (Phi) is 2.03. The summed E-state index contributed by atoms with van der Waals surface area (Å²) in [5.74, 6) is 0.997. The second-order valence-electron chi connectivity index (χ2n) is 4.09. The van der Waals surface area contributed by atoms with Gasteiger partial charge in [-0.2, -0.15) is 0 Å². The van der Waals surface area contributed by atoms with Crippen LogP contribution in [-0.2, 0) is 4.79 Å². The van der Waals surface area contributed by atoms with Crippen molar-refractivity contribution in [3.05, 3.63) is 11.1 Å². The molecular formula is C11H16O. The van der Waals surface area contributed by atoms with Crippen LogP contribution in [0.4, 0.5) is 0 Å². The van der Waals surface area contributed by atoms with Gasteiger partial charge in [0.1, 0.15) is 0 Å². The number of hydrogen-bond donors (Lipinski definition) is 0. The van der Waals surface area contributed by atoms with E-state index in [0.717, 1.165) is 12.8 Å². The summed E-state index contributed by atoms with van der Waals surface area (Å²) in [6.07, 6.45) is 6.90. The molecule has 0 bridgehead atoms. The maximum atomic E-state index is 11.5. The van der Waals surface area contributed by atoms with Crippen LogP contribution in [0.2, 0.25) is 0 Å². The van der Waals surface area contributed by atoms with Gasteiger partial charge in [0.05, 0.1) is 0 Å². The van der Waals surface area contributed by atoms with Crippen LogP contribution in [0.15, 0.2) is 11.1 Å². The topological polar surface area (TPSA) is 17.1 Å². The number of Topliss-reactive ketones (excluding diaryl/α,β-unsaturated/α-hetero) is 1. The van der Waals surface area contributed by atoms with E-state index in [1.165, 1.54) is 36.8 Å². The highest BCUT2D eigenvalue weighted by atomic mass is 16.1. The number of carbonyl (C=O) groups is 1. The molecule has 0 spiro atoms. The molecule has 0 aromatic rings. The van der Waals surface area contributed by atoms with Crippen LogP contribution < -0.4 is 0 Å². The van der Waals surface area contributed by atoms with Crippen LogP contribution in [0, 0.1) is 5.92 Å². The van der Waals surface area contributed by atoms with E-state index in [9.17, 15) is 4.79 Å². The molecule has 1 atom stereocenters. The Balaban J connectivity index is 2.29. The van der Waals surface area contributed by atoms with Gasteiger partial charge in [0.2, 0.25) is 0 Å². The maximum Gasteiger partial charge on any atom is 0.159 e. The number of ketones is 1. The highest BCUT2D eigenvalue weighted by Crippen LogP contribution is 2.36. The molecule has 0 fully saturated rings. The zero-order valence-corrected chi connectivity index (χ0v) is 7.73. The number of hydrogen-bond acceptors (Lipinski definition) is 1. The molecule has 66 valence electrons. The molecule has 2 rings (SSSR count). The summed E-state index contributed by atoms with van der Waals surface area (Å²) in [6, 6.07) is 0. The molecule has 0 amide bonds. The minimum Gasteiger partial charge on any atom is -0.295 e. The van der Waals surface area contributed by atoms with E-state index >= 15 is 0 Å². The molecule has 2 aliphatic rings. The quantitative estimate of drug-likeness (QED) is 0.538. The molecule has 0 N–H and O–H groups in total. The fraction of sp³-hybridized carbons (Fsp3) is 0.727. The van der Waals surface area contributed by atoms with E-state index in [1.807, 2.05) is 0 Å².